The molecule has 7 nitrogen and oxygen atoms in total. The molecule has 2 heterocycles. The van der Waals surface area contributed by atoms with Gasteiger partial charge in [0, 0.05) is 36.0 Å². The van der Waals surface area contributed by atoms with Crippen molar-refractivity contribution in [3.8, 4) is 5.75 Å². The number of para-hydroxylation sites is 1. The molecule has 0 bridgehead atoms. The highest BCUT2D eigenvalue weighted by atomic mass is 16.5. The highest BCUT2D eigenvalue weighted by Gasteiger charge is 2.28. The Morgan fingerprint density at radius 1 is 0.929 bits per heavy atom. The number of rotatable bonds is 11. The number of nitrogens with one attached hydrogen (secondary N) is 2. The molecular weight excluding hydrogens is 522 g/mol. The summed E-state index contributed by atoms with van der Waals surface area (Å²) in [5, 5.41) is 14.1. The number of methoxy groups -OCH3 is 1. The standard InChI is InChI=1S/C35H39N5O2/c1-42-28-19-16-26(17-20-28)24-40-33(21-18-25-10-4-2-5-11-25)38-39-34(40)31(23-37-35(41)27-12-6-3-7-13-27)30-22-36-32-15-9-8-14-29(30)32/h2,4-5,8-11,14-17,19-20,22,27,31,36H,3,6-7,12-13,18,21,23-24H2,1H3,(H,37,41). The third-order valence-electron chi connectivity index (χ3n) is 8.60. The molecule has 0 spiro atoms. The molecular formula is C35H39N5O2. The Labute approximate surface area is 247 Å². The molecule has 1 aliphatic carbocycles. The van der Waals surface area contributed by atoms with Crippen molar-refractivity contribution in [3.63, 3.8) is 0 Å². The first-order valence-electron chi connectivity index (χ1n) is 15.1. The van der Waals surface area contributed by atoms with Crippen molar-refractivity contribution in [3.05, 3.63) is 113 Å². The Morgan fingerprint density at radius 3 is 2.48 bits per heavy atom. The van der Waals surface area contributed by atoms with Gasteiger partial charge in [0.15, 0.2) is 0 Å². The van der Waals surface area contributed by atoms with Gasteiger partial charge in [0.2, 0.25) is 5.91 Å². The van der Waals surface area contributed by atoms with Gasteiger partial charge in [0.25, 0.3) is 0 Å². The van der Waals surface area contributed by atoms with Crippen molar-refractivity contribution < 1.29 is 9.53 Å². The Balaban J connectivity index is 1.36. The van der Waals surface area contributed by atoms with Crippen LogP contribution in [0.15, 0.2) is 85.1 Å². The number of H-pyrrole nitrogens is 1. The van der Waals surface area contributed by atoms with Crippen molar-refractivity contribution in [2.45, 2.75) is 57.4 Å². The molecule has 1 aliphatic rings. The highest BCUT2D eigenvalue weighted by molar-refractivity contribution is 5.84. The van der Waals surface area contributed by atoms with Gasteiger partial charge < -0.3 is 19.6 Å². The first-order chi connectivity index (χ1) is 20.7. The quantitative estimate of drug-likeness (QED) is 0.195. The van der Waals surface area contributed by atoms with E-state index in [1.165, 1.54) is 12.0 Å². The smallest absolute Gasteiger partial charge is 0.223 e. The monoisotopic (exact) mass is 561 g/mol. The van der Waals surface area contributed by atoms with E-state index in [4.69, 9.17) is 14.9 Å². The number of carbonyl (C=O) groups is 1. The van der Waals surface area contributed by atoms with E-state index in [0.717, 1.165) is 78.0 Å². The molecule has 2 N–H and O–H groups in total. The largest absolute Gasteiger partial charge is 0.497 e. The number of nitrogens with zero attached hydrogens (tertiary/aromatic N) is 3. The third kappa shape index (κ3) is 6.25. The second-order valence-electron chi connectivity index (χ2n) is 11.3. The second-order valence-corrected chi connectivity index (χ2v) is 11.3. The van der Waals surface area contributed by atoms with Crippen LogP contribution in [-0.2, 0) is 24.2 Å². The predicted octanol–water partition coefficient (Wildman–Crippen LogP) is 6.43. The van der Waals surface area contributed by atoms with Crippen LogP contribution in [0.2, 0.25) is 0 Å². The van der Waals surface area contributed by atoms with Crippen LogP contribution in [0.5, 0.6) is 5.75 Å². The summed E-state index contributed by atoms with van der Waals surface area (Å²) in [7, 11) is 1.68. The number of aromatic amines is 1. The Bertz CT molecular complexity index is 1600. The number of fused-ring (bicyclic) bond motifs is 1. The van der Waals surface area contributed by atoms with Gasteiger partial charge in [-0.3, -0.25) is 4.79 Å². The number of hydrogen-bond donors (Lipinski definition) is 2. The zero-order valence-corrected chi connectivity index (χ0v) is 24.3. The number of carbonyl (C=O) groups excluding carboxylic acids is 1. The third-order valence-corrected chi connectivity index (χ3v) is 8.60. The van der Waals surface area contributed by atoms with E-state index in [1.807, 2.05) is 24.3 Å². The lowest BCUT2D eigenvalue weighted by Gasteiger charge is -2.23. The van der Waals surface area contributed by atoms with Crippen LogP contribution in [0, 0.1) is 5.92 Å². The topological polar surface area (TPSA) is 84.8 Å². The van der Waals surface area contributed by atoms with Gasteiger partial charge in [-0.05, 0) is 54.2 Å². The number of benzene rings is 3. The molecule has 1 saturated carbocycles. The first kappa shape index (κ1) is 27.8. The summed E-state index contributed by atoms with van der Waals surface area (Å²) >= 11 is 0. The van der Waals surface area contributed by atoms with Gasteiger partial charge in [-0.2, -0.15) is 0 Å². The summed E-state index contributed by atoms with van der Waals surface area (Å²) < 4.78 is 7.65. The van der Waals surface area contributed by atoms with Crippen LogP contribution >= 0.6 is 0 Å². The molecule has 1 unspecified atom stereocenters. The maximum Gasteiger partial charge on any atom is 0.223 e. The number of aromatic nitrogens is 4. The number of ether oxygens (including phenoxy) is 1. The van der Waals surface area contributed by atoms with E-state index in [-0.39, 0.29) is 17.7 Å². The van der Waals surface area contributed by atoms with Gasteiger partial charge >= 0.3 is 0 Å². The fourth-order valence-corrected chi connectivity index (χ4v) is 6.21. The van der Waals surface area contributed by atoms with E-state index in [0.29, 0.717) is 13.1 Å². The van der Waals surface area contributed by atoms with Crippen LogP contribution in [0.3, 0.4) is 0 Å². The van der Waals surface area contributed by atoms with Crippen molar-refractivity contribution in [2.75, 3.05) is 13.7 Å². The maximum atomic E-state index is 13.3. The molecule has 42 heavy (non-hydrogen) atoms. The van der Waals surface area contributed by atoms with E-state index in [1.54, 1.807) is 7.11 Å². The zero-order chi connectivity index (χ0) is 28.7. The van der Waals surface area contributed by atoms with E-state index < -0.39 is 0 Å². The zero-order valence-electron chi connectivity index (χ0n) is 24.3. The minimum Gasteiger partial charge on any atom is -0.497 e. The fraction of sp³-hybridized carbons (Fsp3) is 0.343. The lowest BCUT2D eigenvalue weighted by atomic mass is 9.88. The summed E-state index contributed by atoms with van der Waals surface area (Å²) in [6, 6.07) is 27.0. The van der Waals surface area contributed by atoms with Crippen molar-refractivity contribution in [1.82, 2.24) is 25.1 Å². The molecule has 0 radical (unpaired) electrons. The van der Waals surface area contributed by atoms with Crippen molar-refractivity contribution in [1.29, 1.82) is 0 Å². The van der Waals surface area contributed by atoms with Gasteiger partial charge in [-0.1, -0.05) is 79.9 Å². The highest BCUT2D eigenvalue weighted by Crippen LogP contribution is 2.31. The summed E-state index contributed by atoms with van der Waals surface area (Å²) in [6.07, 6.45) is 9.14. The summed E-state index contributed by atoms with van der Waals surface area (Å²) in [5.74, 6) is 2.72. The minimum atomic E-state index is -0.162. The molecule has 3 aromatic carbocycles. The Kier molecular flexibility index (Phi) is 8.64. The number of amides is 1. The SMILES string of the molecule is COc1ccc(Cn2c(CCc3ccccc3)nnc2C(CNC(=O)C2CCCCC2)c2c[nH]c3ccccc23)cc1. The van der Waals surface area contributed by atoms with Crippen LogP contribution in [0.25, 0.3) is 10.9 Å². The van der Waals surface area contributed by atoms with Gasteiger partial charge in [-0.15, -0.1) is 10.2 Å². The molecule has 6 rings (SSSR count). The fourth-order valence-electron chi connectivity index (χ4n) is 6.21. The maximum absolute atomic E-state index is 13.3. The molecule has 216 valence electrons. The molecule has 1 amide bonds. The number of aryl methyl sites for hydroxylation is 2. The van der Waals surface area contributed by atoms with Gasteiger partial charge in [-0.25, -0.2) is 0 Å². The molecule has 0 aliphatic heterocycles. The van der Waals surface area contributed by atoms with Crippen LogP contribution < -0.4 is 10.1 Å². The summed E-state index contributed by atoms with van der Waals surface area (Å²) in [5.41, 5.74) is 4.60. The molecule has 5 aromatic rings. The Morgan fingerprint density at radius 2 is 1.69 bits per heavy atom. The molecule has 1 atom stereocenters. The average molecular weight is 562 g/mol. The first-order valence-corrected chi connectivity index (χ1v) is 15.1. The number of hydrogen-bond acceptors (Lipinski definition) is 4. The van der Waals surface area contributed by atoms with Crippen molar-refractivity contribution >= 4 is 16.8 Å². The lowest BCUT2D eigenvalue weighted by molar-refractivity contribution is -0.125. The van der Waals surface area contributed by atoms with Crippen LogP contribution in [0.1, 0.15) is 66.4 Å². The van der Waals surface area contributed by atoms with E-state index in [9.17, 15) is 4.79 Å². The van der Waals surface area contributed by atoms with Crippen LogP contribution in [-0.4, -0.2) is 39.3 Å². The van der Waals surface area contributed by atoms with E-state index >= 15 is 0 Å². The molecule has 2 aromatic heterocycles. The minimum absolute atomic E-state index is 0.0981. The van der Waals surface area contributed by atoms with Gasteiger partial charge in [0.05, 0.1) is 19.6 Å². The van der Waals surface area contributed by atoms with Crippen LogP contribution in [0.4, 0.5) is 0 Å². The average Bonchev–Trinajstić information content (AvgIpc) is 3.66. The lowest BCUT2D eigenvalue weighted by Crippen LogP contribution is -2.35. The second kappa shape index (κ2) is 13.1. The molecule has 1 fully saturated rings. The van der Waals surface area contributed by atoms with E-state index in [2.05, 4.69) is 75.7 Å². The summed E-state index contributed by atoms with van der Waals surface area (Å²) in [6.45, 7) is 1.10. The summed E-state index contributed by atoms with van der Waals surface area (Å²) in [4.78, 5) is 16.7. The normalized spacial score (nSPS) is 14.6. The molecule has 0 saturated heterocycles. The van der Waals surface area contributed by atoms with Crippen molar-refractivity contribution in [2.24, 2.45) is 5.92 Å². The predicted molar refractivity (Wildman–Crippen MR) is 166 cm³/mol. The molecule has 7 heteroatoms. The Hall–Kier alpha value is -4.39. The van der Waals surface area contributed by atoms with Gasteiger partial charge in [0.1, 0.15) is 17.4 Å².